The zero-order valence-corrected chi connectivity index (χ0v) is 13.5. The van der Waals surface area contributed by atoms with Crippen molar-refractivity contribution >= 4 is 22.9 Å². The Hall–Kier alpha value is -1.10. The number of nitrogens with two attached hydrogens (primary N) is 1. The van der Waals surface area contributed by atoms with Crippen molar-refractivity contribution in [3.05, 3.63) is 33.8 Å². The molecule has 1 aromatic carbocycles. The molecule has 0 amide bonds. The number of hydrogen-bond donors (Lipinski definition) is 1. The van der Waals surface area contributed by atoms with E-state index in [1.807, 2.05) is 18.2 Å². The number of rotatable bonds is 5. The van der Waals surface area contributed by atoms with Gasteiger partial charge >= 0.3 is 0 Å². The summed E-state index contributed by atoms with van der Waals surface area (Å²) in [5.74, 6) is 1.30. The van der Waals surface area contributed by atoms with Crippen LogP contribution in [-0.2, 0) is 13.0 Å². The van der Waals surface area contributed by atoms with E-state index < -0.39 is 0 Å². The number of halogens is 1. The smallest absolute Gasteiger partial charge is 0.130 e. The number of methoxy groups -OCH3 is 1. The van der Waals surface area contributed by atoms with Gasteiger partial charge in [0.25, 0.3) is 0 Å². The molecule has 2 rings (SSSR count). The van der Waals surface area contributed by atoms with E-state index >= 15 is 0 Å². The highest BCUT2D eigenvalue weighted by Gasteiger charge is 2.15. The molecule has 0 spiro atoms. The number of benzene rings is 1. The standard InChI is InChI=1S/C15H19ClN2OS/c1-9(2)6-12-14(8-17)20-15(18-12)11-5-4-10(16)7-13(11)19-3/h4-5,7,9H,6,8,17H2,1-3H3. The molecule has 0 unspecified atom stereocenters. The lowest BCUT2D eigenvalue weighted by Gasteiger charge is -2.06. The summed E-state index contributed by atoms with van der Waals surface area (Å²) in [7, 11) is 1.64. The quantitative estimate of drug-likeness (QED) is 0.903. The van der Waals surface area contributed by atoms with Crippen molar-refractivity contribution in [1.82, 2.24) is 4.98 Å². The van der Waals surface area contributed by atoms with Gasteiger partial charge in [-0.25, -0.2) is 4.98 Å². The summed E-state index contributed by atoms with van der Waals surface area (Å²) in [4.78, 5) is 5.89. The fourth-order valence-electron chi connectivity index (χ4n) is 2.05. The Morgan fingerprint density at radius 3 is 2.75 bits per heavy atom. The van der Waals surface area contributed by atoms with Crippen molar-refractivity contribution in [3.8, 4) is 16.3 Å². The summed E-state index contributed by atoms with van der Waals surface area (Å²) < 4.78 is 5.40. The maximum Gasteiger partial charge on any atom is 0.130 e. The average molecular weight is 311 g/mol. The van der Waals surface area contributed by atoms with E-state index in [-0.39, 0.29) is 0 Å². The van der Waals surface area contributed by atoms with Gasteiger partial charge in [0.15, 0.2) is 0 Å². The number of aromatic nitrogens is 1. The third kappa shape index (κ3) is 3.32. The molecule has 0 saturated heterocycles. The van der Waals surface area contributed by atoms with Gasteiger partial charge in [0.05, 0.1) is 18.4 Å². The van der Waals surface area contributed by atoms with Crippen LogP contribution in [-0.4, -0.2) is 12.1 Å². The van der Waals surface area contributed by atoms with E-state index in [1.165, 1.54) is 0 Å². The van der Waals surface area contributed by atoms with Gasteiger partial charge in [-0.05, 0) is 30.5 Å². The van der Waals surface area contributed by atoms with E-state index in [1.54, 1.807) is 18.4 Å². The molecule has 1 heterocycles. The minimum atomic E-state index is 0.523. The van der Waals surface area contributed by atoms with Crippen LogP contribution in [0.1, 0.15) is 24.4 Å². The number of ether oxygens (including phenoxy) is 1. The summed E-state index contributed by atoms with van der Waals surface area (Å²) >= 11 is 7.63. The summed E-state index contributed by atoms with van der Waals surface area (Å²) in [5.41, 5.74) is 7.89. The highest BCUT2D eigenvalue weighted by molar-refractivity contribution is 7.15. The highest BCUT2D eigenvalue weighted by atomic mass is 35.5. The lowest BCUT2D eigenvalue weighted by Crippen LogP contribution is -2.02. The Labute approximate surface area is 128 Å². The van der Waals surface area contributed by atoms with Crippen LogP contribution >= 0.6 is 22.9 Å². The molecule has 0 saturated carbocycles. The lowest BCUT2D eigenvalue weighted by molar-refractivity contribution is 0.416. The Morgan fingerprint density at radius 2 is 2.15 bits per heavy atom. The van der Waals surface area contributed by atoms with Gasteiger partial charge in [-0.3, -0.25) is 0 Å². The van der Waals surface area contributed by atoms with Crippen molar-refractivity contribution in [1.29, 1.82) is 0 Å². The fourth-order valence-corrected chi connectivity index (χ4v) is 3.21. The Bertz CT molecular complexity index is 596. The molecule has 0 fully saturated rings. The van der Waals surface area contributed by atoms with Crippen molar-refractivity contribution in [2.45, 2.75) is 26.8 Å². The van der Waals surface area contributed by atoms with Crippen molar-refractivity contribution in [2.75, 3.05) is 7.11 Å². The predicted molar refractivity (Wildman–Crippen MR) is 85.5 cm³/mol. The van der Waals surface area contributed by atoms with Gasteiger partial charge in [0, 0.05) is 16.4 Å². The second kappa shape index (κ2) is 6.57. The number of hydrogen-bond acceptors (Lipinski definition) is 4. The maximum absolute atomic E-state index is 6.00. The maximum atomic E-state index is 6.00. The molecular formula is C15H19ClN2OS. The molecule has 1 aromatic heterocycles. The third-order valence-corrected chi connectivity index (χ3v) is 4.35. The van der Waals surface area contributed by atoms with Crippen molar-refractivity contribution in [2.24, 2.45) is 11.7 Å². The molecule has 108 valence electrons. The first kappa shape index (κ1) is 15.3. The topological polar surface area (TPSA) is 48.1 Å². The SMILES string of the molecule is COc1cc(Cl)ccc1-c1nc(CC(C)C)c(CN)s1. The predicted octanol–water partition coefficient (Wildman–Crippen LogP) is 4.13. The van der Waals surface area contributed by atoms with Crippen LogP contribution in [0, 0.1) is 5.92 Å². The van der Waals surface area contributed by atoms with E-state index in [2.05, 4.69) is 13.8 Å². The van der Waals surface area contributed by atoms with Crippen molar-refractivity contribution in [3.63, 3.8) is 0 Å². The Morgan fingerprint density at radius 1 is 1.40 bits per heavy atom. The van der Waals surface area contributed by atoms with Crippen LogP contribution in [0.2, 0.25) is 5.02 Å². The molecule has 0 aliphatic carbocycles. The van der Waals surface area contributed by atoms with E-state index in [4.69, 9.17) is 27.1 Å². The van der Waals surface area contributed by atoms with E-state index in [9.17, 15) is 0 Å². The Balaban J connectivity index is 2.45. The van der Waals surface area contributed by atoms with Crippen LogP contribution < -0.4 is 10.5 Å². The average Bonchev–Trinajstić information content (AvgIpc) is 2.80. The molecule has 0 bridgehead atoms. The second-order valence-electron chi connectivity index (χ2n) is 5.04. The zero-order valence-electron chi connectivity index (χ0n) is 11.9. The van der Waals surface area contributed by atoms with E-state index in [0.717, 1.165) is 33.3 Å². The first-order valence-corrected chi connectivity index (χ1v) is 7.77. The lowest BCUT2D eigenvalue weighted by atomic mass is 10.1. The van der Waals surface area contributed by atoms with Gasteiger partial charge in [-0.2, -0.15) is 0 Å². The molecule has 0 radical (unpaired) electrons. The van der Waals surface area contributed by atoms with Gasteiger partial charge < -0.3 is 10.5 Å². The Kier molecular flexibility index (Phi) is 5.02. The molecule has 0 atom stereocenters. The zero-order chi connectivity index (χ0) is 14.7. The third-order valence-electron chi connectivity index (χ3n) is 2.96. The second-order valence-corrected chi connectivity index (χ2v) is 6.56. The van der Waals surface area contributed by atoms with Crippen LogP contribution in [0.3, 0.4) is 0 Å². The van der Waals surface area contributed by atoms with Gasteiger partial charge in [-0.1, -0.05) is 25.4 Å². The van der Waals surface area contributed by atoms with Crippen LogP contribution in [0.25, 0.3) is 10.6 Å². The van der Waals surface area contributed by atoms with Gasteiger partial charge in [-0.15, -0.1) is 11.3 Å². The highest BCUT2D eigenvalue weighted by Crippen LogP contribution is 2.36. The van der Waals surface area contributed by atoms with E-state index in [0.29, 0.717) is 17.5 Å². The molecule has 2 N–H and O–H groups in total. The first-order chi connectivity index (χ1) is 9.55. The fraction of sp³-hybridized carbons (Fsp3) is 0.400. The van der Waals surface area contributed by atoms with Crippen LogP contribution in [0.4, 0.5) is 0 Å². The first-order valence-electron chi connectivity index (χ1n) is 6.57. The summed E-state index contributed by atoms with van der Waals surface area (Å²) in [6, 6.07) is 5.60. The molecule has 0 aliphatic rings. The largest absolute Gasteiger partial charge is 0.496 e. The molecule has 20 heavy (non-hydrogen) atoms. The number of thiazole rings is 1. The molecule has 0 aliphatic heterocycles. The normalized spacial score (nSPS) is 11.1. The van der Waals surface area contributed by atoms with Crippen molar-refractivity contribution < 1.29 is 4.74 Å². The minimum Gasteiger partial charge on any atom is -0.496 e. The van der Waals surface area contributed by atoms with Crippen LogP contribution in [0.5, 0.6) is 5.75 Å². The monoisotopic (exact) mass is 310 g/mol. The molecule has 3 nitrogen and oxygen atoms in total. The number of nitrogens with zero attached hydrogens (tertiary/aromatic N) is 1. The molecule has 2 aromatic rings. The van der Waals surface area contributed by atoms with Gasteiger partial charge in [0.1, 0.15) is 10.8 Å². The summed E-state index contributed by atoms with van der Waals surface area (Å²) in [6.45, 7) is 4.89. The molecular weight excluding hydrogens is 292 g/mol. The van der Waals surface area contributed by atoms with Gasteiger partial charge in [0.2, 0.25) is 0 Å². The van der Waals surface area contributed by atoms with Crippen LogP contribution in [0.15, 0.2) is 18.2 Å². The summed E-state index contributed by atoms with van der Waals surface area (Å²) in [6.07, 6.45) is 0.943. The minimum absolute atomic E-state index is 0.523. The molecule has 5 heteroatoms. The summed E-state index contributed by atoms with van der Waals surface area (Å²) in [5, 5.41) is 1.60.